The second kappa shape index (κ2) is 7.97. The molecule has 4 N–H and O–H groups in total. The number of amides is 3. The molecule has 0 radical (unpaired) electrons. The molecule has 8 nitrogen and oxygen atoms in total. The Morgan fingerprint density at radius 3 is 2.29 bits per heavy atom. The van der Waals surface area contributed by atoms with Crippen LogP contribution < -0.4 is 16.4 Å². The zero-order valence-corrected chi connectivity index (χ0v) is 15.4. The lowest BCUT2D eigenvalue weighted by molar-refractivity contribution is 0.0996. The molecule has 0 bridgehead atoms. The minimum Gasteiger partial charge on any atom is -0.459 e. The zero-order valence-electron chi connectivity index (χ0n) is 14.6. The highest BCUT2D eigenvalue weighted by Gasteiger charge is 2.22. The van der Waals surface area contributed by atoms with Crippen LogP contribution in [0.1, 0.15) is 16.1 Å². The fourth-order valence-corrected chi connectivity index (χ4v) is 3.94. The van der Waals surface area contributed by atoms with Gasteiger partial charge in [0.1, 0.15) is 0 Å². The number of primary amides is 1. The SMILES string of the molecule is NC(=O)Nc1cccc(NC(=O)c2occc2CS(=O)(=O)c2ccccc2)c1. The highest BCUT2D eigenvalue weighted by molar-refractivity contribution is 7.90. The number of carbonyl (C=O) groups excluding carboxylic acids is 2. The summed E-state index contributed by atoms with van der Waals surface area (Å²) in [5.41, 5.74) is 6.09. The number of rotatable bonds is 6. The molecule has 28 heavy (non-hydrogen) atoms. The molecule has 0 aliphatic heterocycles. The summed E-state index contributed by atoms with van der Waals surface area (Å²) >= 11 is 0. The van der Waals surface area contributed by atoms with Crippen LogP contribution in [0.4, 0.5) is 16.2 Å². The second-order valence-electron chi connectivity index (χ2n) is 5.87. The van der Waals surface area contributed by atoms with E-state index in [0.29, 0.717) is 11.4 Å². The van der Waals surface area contributed by atoms with Gasteiger partial charge in [-0.1, -0.05) is 24.3 Å². The summed E-state index contributed by atoms with van der Waals surface area (Å²) in [6.07, 6.45) is 1.26. The van der Waals surface area contributed by atoms with Crippen molar-refractivity contribution in [2.24, 2.45) is 5.73 Å². The summed E-state index contributed by atoms with van der Waals surface area (Å²) in [5.74, 6) is -1.09. The van der Waals surface area contributed by atoms with Gasteiger partial charge in [-0.05, 0) is 36.4 Å². The maximum Gasteiger partial charge on any atom is 0.316 e. The van der Waals surface area contributed by atoms with Gasteiger partial charge >= 0.3 is 6.03 Å². The first kappa shape index (κ1) is 19.2. The number of hydrogen-bond acceptors (Lipinski definition) is 5. The van der Waals surface area contributed by atoms with Gasteiger partial charge in [0.2, 0.25) is 0 Å². The van der Waals surface area contributed by atoms with E-state index in [1.165, 1.54) is 30.5 Å². The molecule has 3 amide bonds. The highest BCUT2D eigenvalue weighted by atomic mass is 32.2. The Bertz CT molecular complexity index is 1110. The molecule has 0 aliphatic carbocycles. The zero-order chi connectivity index (χ0) is 20.1. The summed E-state index contributed by atoms with van der Waals surface area (Å²) in [7, 11) is -3.63. The molecule has 2 aromatic carbocycles. The van der Waals surface area contributed by atoms with Gasteiger partial charge in [0.15, 0.2) is 15.6 Å². The summed E-state index contributed by atoms with van der Waals surface area (Å²) in [6.45, 7) is 0. The topological polar surface area (TPSA) is 132 Å². The van der Waals surface area contributed by atoms with Crippen molar-refractivity contribution in [1.82, 2.24) is 0 Å². The van der Waals surface area contributed by atoms with E-state index >= 15 is 0 Å². The van der Waals surface area contributed by atoms with Crippen molar-refractivity contribution in [3.63, 3.8) is 0 Å². The van der Waals surface area contributed by atoms with Gasteiger partial charge in [-0.15, -0.1) is 0 Å². The summed E-state index contributed by atoms with van der Waals surface area (Å²) in [4.78, 5) is 23.6. The maximum absolute atomic E-state index is 12.6. The first-order valence-electron chi connectivity index (χ1n) is 8.17. The number of carbonyl (C=O) groups is 2. The Morgan fingerprint density at radius 1 is 0.929 bits per heavy atom. The fraction of sp³-hybridized carbons (Fsp3) is 0.0526. The van der Waals surface area contributed by atoms with E-state index in [1.807, 2.05) is 0 Å². The summed E-state index contributed by atoms with van der Waals surface area (Å²) in [5, 5.41) is 5.00. The van der Waals surface area contributed by atoms with Crippen molar-refractivity contribution in [1.29, 1.82) is 0 Å². The standard InChI is InChI=1S/C19H17N3O5S/c20-19(24)22-15-6-4-5-14(11-15)21-18(23)17-13(9-10-27-17)12-28(25,26)16-7-2-1-3-8-16/h1-11H,12H2,(H,21,23)(H3,20,22,24). The predicted molar refractivity (Wildman–Crippen MR) is 104 cm³/mol. The molecule has 0 fully saturated rings. The van der Waals surface area contributed by atoms with E-state index in [1.54, 1.807) is 36.4 Å². The third-order valence-electron chi connectivity index (χ3n) is 3.79. The maximum atomic E-state index is 12.6. The third-order valence-corrected chi connectivity index (χ3v) is 5.47. The van der Waals surface area contributed by atoms with Crippen molar-refractivity contribution >= 4 is 33.2 Å². The Kier molecular flexibility index (Phi) is 5.46. The normalized spacial score (nSPS) is 11.0. The van der Waals surface area contributed by atoms with E-state index in [-0.39, 0.29) is 22.0 Å². The molecule has 0 saturated heterocycles. The van der Waals surface area contributed by atoms with E-state index in [9.17, 15) is 18.0 Å². The van der Waals surface area contributed by atoms with Crippen molar-refractivity contribution in [2.75, 3.05) is 10.6 Å². The Hall–Kier alpha value is -3.59. The van der Waals surface area contributed by atoms with Crippen LogP contribution in [0.15, 0.2) is 76.2 Å². The number of urea groups is 1. The van der Waals surface area contributed by atoms with Crippen LogP contribution in [0, 0.1) is 0 Å². The molecule has 0 spiro atoms. The Morgan fingerprint density at radius 2 is 1.61 bits per heavy atom. The van der Waals surface area contributed by atoms with E-state index in [2.05, 4.69) is 10.6 Å². The Labute approximate surface area is 161 Å². The molecule has 3 aromatic rings. The monoisotopic (exact) mass is 399 g/mol. The first-order valence-corrected chi connectivity index (χ1v) is 9.82. The number of benzene rings is 2. The first-order chi connectivity index (χ1) is 13.3. The summed E-state index contributed by atoms with van der Waals surface area (Å²) < 4.78 is 30.3. The van der Waals surface area contributed by atoms with Crippen LogP contribution in [0.5, 0.6) is 0 Å². The quantitative estimate of drug-likeness (QED) is 0.586. The Balaban J connectivity index is 1.78. The molecule has 1 aromatic heterocycles. The number of nitrogens with one attached hydrogen (secondary N) is 2. The molecular weight excluding hydrogens is 382 g/mol. The second-order valence-corrected chi connectivity index (χ2v) is 7.86. The van der Waals surface area contributed by atoms with Gasteiger partial charge in [0.05, 0.1) is 16.9 Å². The van der Waals surface area contributed by atoms with Crippen LogP contribution in [-0.2, 0) is 15.6 Å². The minimum atomic E-state index is -3.63. The average molecular weight is 399 g/mol. The van der Waals surface area contributed by atoms with Gasteiger partial charge < -0.3 is 20.8 Å². The van der Waals surface area contributed by atoms with Crippen LogP contribution >= 0.6 is 0 Å². The van der Waals surface area contributed by atoms with Gasteiger partial charge in [0, 0.05) is 16.9 Å². The predicted octanol–water partition coefficient (Wildman–Crippen LogP) is 3.00. The van der Waals surface area contributed by atoms with Crippen molar-refractivity contribution < 1.29 is 22.4 Å². The van der Waals surface area contributed by atoms with Crippen molar-refractivity contribution in [3.05, 3.63) is 78.3 Å². The third kappa shape index (κ3) is 4.57. The number of sulfone groups is 1. The number of anilines is 2. The molecule has 9 heteroatoms. The van der Waals surface area contributed by atoms with Gasteiger partial charge in [-0.3, -0.25) is 4.79 Å². The number of nitrogens with two attached hydrogens (primary N) is 1. The van der Waals surface area contributed by atoms with E-state index in [4.69, 9.17) is 10.2 Å². The number of furan rings is 1. The van der Waals surface area contributed by atoms with Crippen LogP contribution in [-0.4, -0.2) is 20.4 Å². The fourth-order valence-electron chi connectivity index (χ4n) is 2.57. The van der Waals surface area contributed by atoms with Gasteiger partial charge in [0.25, 0.3) is 5.91 Å². The average Bonchev–Trinajstić information content (AvgIpc) is 3.10. The number of hydrogen-bond donors (Lipinski definition) is 3. The molecule has 0 unspecified atom stereocenters. The smallest absolute Gasteiger partial charge is 0.316 e. The summed E-state index contributed by atoms with van der Waals surface area (Å²) in [6, 6.07) is 15.0. The lowest BCUT2D eigenvalue weighted by Gasteiger charge is -2.08. The van der Waals surface area contributed by atoms with Crippen LogP contribution in [0.3, 0.4) is 0 Å². The van der Waals surface area contributed by atoms with Crippen molar-refractivity contribution in [2.45, 2.75) is 10.6 Å². The molecule has 0 aliphatic rings. The molecule has 0 saturated carbocycles. The van der Waals surface area contributed by atoms with E-state index in [0.717, 1.165) is 0 Å². The minimum absolute atomic E-state index is 0.104. The van der Waals surface area contributed by atoms with Gasteiger partial charge in [-0.2, -0.15) is 0 Å². The van der Waals surface area contributed by atoms with Crippen LogP contribution in [0.2, 0.25) is 0 Å². The molecule has 144 valence electrons. The van der Waals surface area contributed by atoms with E-state index < -0.39 is 21.8 Å². The van der Waals surface area contributed by atoms with Gasteiger partial charge in [-0.25, -0.2) is 13.2 Å². The molecule has 1 heterocycles. The molecule has 3 rings (SSSR count). The lowest BCUT2D eigenvalue weighted by atomic mass is 10.2. The lowest BCUT2D eigenvalue weighted by Crippen LogP contribution is -2.19. The molecular formula is C19H17N3O5S. The highest BCUT2D eigenvalue weighted by Crippen LogP contribution is 2.22. The van der Waals surface area contributed by atoms with Crippen molar-refractivity contribution in [3.8, 4) is 0 Å². The largest absolute Gasteiger partial charge is 0.459 e. The van der Waals surface area contributed by atoms with Crippen LogP contribution in [0.25, 0.3) is 0 Å². The molecule has 0 atom stereocenters.